The Kier molecular flexibility index (Phi) is 3.95. The fraction of sp³-hybridized carbons (Fsp3) is 0.500. The summed E-state index contributed by atoms with van der Waals surface area (Å²) in [5, 5.41) is 0.180. The van der Waals surface area contributed by atoms with Crippen LogP contribution in [0.25, 0.3) is 0 Å². The van der Waals surface area contributed by atoms with Crippen LogP contribution in [0, 0.1) is 13.8 Å². The molecule has 0 aliphatic rings. The number of aryl methyl sites for hydroxylation is 1. The van der Waals surface area contributed by atoms with Crippen molar-refractivity contribution in [1.29, 1.82) is 0 Å². The number of hydrogen-bond acceptors (Lipinski definition) is 1. The minimum Gasteiger partial charge on any atom is -0.321 e. The third kappa shape index (κ3) is 2.37. The van der Waals surface area contributed by atoms with E-state index < -0.39 is 7.60 Å². The summed E-state index contributed by atoms with van der Waals surface area (Å²) in [6, 6.07) is 1.63. The van der Waals surface area contributed by atoms with Crippen LogP contribution < -0.4 is 5.30 Å². The Morgan fingerprint density at radius 2 is 1.62 bits per heavy atom. The molecule has 0 atom stereocenters. The van der Waals surface area contributed by atoms with Gasteiger partial charge < -0.3 is 9.79 Å². The molecule has 0 saturated carbocycles. The molecular formula is C12H19O3P. The van der Waals surface area contributed by atoms with Crippen LogP contribution in [0.15, 0.2) is 6.07 Å². The van der Waals surface area contributed by atoms with Crippen LogP contribution in [-0.2, 0) is 17.4 Å². The Bertz CT molecular complexity index is 446. The molecule has 0 unspecified atom stereocenters. The molecule has 0 aliphatic heterocycles. The van der Waals surface area contributed by atoms with Crippen LogP contribution in [0.4, 0.5) is 0 Å². The SMILES string of the molecule is CCc1c(C)cc(P(=O)(O)O)c(C)c1CC. The van der Waals surface area contributed by atoms with Crippen molar-refractivity contribution < 1.29 is 14.4 Å². The molecule has 0 spiro atoms. The lowest BCUT2D eigenvalue weighted by atomic mass is 9.94. The first-order valence-electron chi connectivity index (χ1n) is 5.50. The molecule has 3 nitrogen and oxygen atoms in total. The zero-order valence-electron chi connectivity index (χ0n) is 10.2. The standard InChI is InChI=1S/C12H19O3P/c1-5-10-8(3)7-12(16(13,14)15)9(4)11(10)6-2/h7H,5-6H2,1-4H3,(H2,13,14,15). The van der Waals surface area contributed by atoms with Gasteiger partial charge in [-0.15, -0.1) is 0 Å². The Morgan fingerprint density at radius 3 is 2.00 bits per heavy atom. The van der Waals surface area contributed by atoms with Gasteiger partial charge in [-0.05, 0) is 55.0 Å². The second-order valence-electron chi connectivity index (χ2n) is 4.05. The van der Waals surface area contributed by atoms with Gasteiger partial charge in [-0.1, -0.05) is 13.8 Å². The van der Waals surface area contributed by atoms with E-state index in [-0.39, 0.29) is 5.30 Å². The van der Waals surface area contributed by atoms with E-state index in [0.29, 0.717) is 0 Å². The monoisotopic (exact) mass is 242 g/mol. The molecule has 0 bridgehead atoms. The summed E-state index contributed by atoms with van der Waals surface area (Å²) in [5.74, 6) is 0. The van der Waals surface area contributed by atoms with Gasteiger partial charge in [0.2, 0.25) is 0 Å². The lowest BCUT2D eigenvalue weighted by Gasteiger charge is -2.18. The topological polar surface area (TPSA) is 57.5 Å². The molecular weight excluding hydrogens is 223 g/mol. The fourth-order valence-electron chi connectivity index (χ4n) is 2.29. The molecule has 0 fully saturated rings. The molecule has 0 amide bonds. The second kappa shape index (κ2) is 4.70. The number of benzene rings is 1. The van der Waals surface area contributed by atoms with E-state index in [1.54, 1.807) is 13.0 Å². The third-order valence-electron chi connectivity index (χ3n) is 3.05. The van der Waals surface area contributed by atoms with Gasteiger partial charge >= 0.3 is 7.60 Å². The van der Waals surface area contributed by atoms with Gasteiger partial charge in [-0.25, -0.2) is 0 Å². The molecule has 0 saturated heterocycles. The molecule has 2 N–H and O–H groups in total. The highest BCUT2D eigenvalue weighted by molar-refractivity contribution is 7.60. The van der Waals surface area contributed by atoms with Crippen molar-refractivity contribution in [2.24, 2.45) is 0 Å². The normalized spacial score (nSPS) is 11.9. The number of hydrogen-bond donors (Lipinski definition) is 2. The summed E-state index contributed by atoms with van der Waals surface area (Å²) >= 11 is 0. The van der Waals surface area contributed by atoms with Crippen LogP contribution in [0.1, 0.15) is 36.1 Å². The molecule has 0 aromatic heterocycles. The maximum absolute atomic E-state index is 11.4. The molecule has 1 rings (SSSR count). The lowest BCUT2D eigenvalue weighted by Crippen LogP contribution is -2.14. The van der Waals surface area contributed by atoms with Crippen molar-refractivity contribution in [3.63, 3.8) is 0 Å². The van der Waals surface area contributed by atoms with Gasteiger partial charge in [0.15, 0.2) is 0 Å². The minimum atomic E-state index is -4.15. The van der Waals surface area contributed by atoms with Crippen LogP contribution in [0.2, 0.25) is 0 Å². The zero-order valence-corrected chi connectivity index (χ0v) is 11.1. The average Bonchev–Trinajstić information content (AvgIpc) is 2.18. The zero-order chi connectivity index (χ0) is 12.5. The smallest absolute Gasteiger partial charge is 0.321 e. The quantitative estimate of drug-likeness (QED) is 0.799. The summed E-state index contributed by atoms with van der Waals surface area (Å²) in [6.45, 7) is 7.80. The van der Waals surface area contributed by atoms with E-state index in [0.717, 1.165) is 29.5 Å². The van der Waals surface area contributed by atoms with E-state index in [4.69, 9.17) is 0 Å². The summed E-state index contributed by atoms with van der Waals surface area (Å²) < 4.78 is 11.4. The average molecular weight is 242 g/mol. The minimum absolute atomic E-state index is 0.180. The van der Waals surface area contributed by atoms with Crippen LogP contribution in [0.3, 0.4) is 0 Å². The second-order valence-corrected chi connectivity index (χ2v) is 5.62. The van der Waals surface area contributed by atoms with E-state index in [2.05, 4.69) is 6.92 Å². The highest BCUT2D eigenvalue weighted by Gasteiger charge is 2.23. The summed E-state index contributed by atoms with van der Waals surface area (Å²) in [4.78, 5) is 18.6. The molecule has 0 heterocycles. The highest BCUT2D eigenvalue weighted by atomic mass is 31.2. The number of rotatable bonds is 3. The molecule has 1 aromatic rings. The van der Waals surface area contributed by atoms with Gasteiger partial charge in [-0.2, -0.15) is 0 Å². The molecule has 16 heavy (non-hydrogen) atoms. The summed E-state index contributed by atoms with van der Waals surface area (Å²) in [7, 11) is -4.15. The Morgan fingerprint density at radius 1 is 1.12 bits per heavy atom. The van der Waals surface area contributed by atoms with Crippen molar-refractivity contribution in [2.75, 3.05) is 0 Å². The van der Waals surface area contributed by atoms with Gasteiger partial charge in [-0.3, -0.25) is 4.57 Å². The Balaban J connectivity index is 3.59. The van der Waals surface area contributed by atoms with Crippen molar-refractivity contribution >= 4 is 12.9 Å². The largest absolute Gasteiger partial charge is 0.356 e. The van der Waals surface area contributed by atoms with Crippen LogP contribution in [0.5, 0.6) is 0 Å². The molecule has 0 aliphatic carbocycles. The predicted octanol–water partition coefficient (Wildman–Crippen LogP) is 2.23. The molecule has 4 heteroatoms. The molecule has 90 valence electrons. The van der Waals surface area contributed by atoms with Crippen molar-refractivity contribution in [3.8, 4) is 0 Å². The van der Waals surface area contributed by atoms with E-state index in [9.17, 15) is 14.4 Å². The van der Waals surface area contributed by atoms with Gasteiger partial charge in [0, 0.05) is 0 Å². The van der Waals surface area contributed by atoms with E-state index in [1.807, 2.05) is 13.8 Å². The Labute approximate surface area is 96.7 Å². The first-order valence-corrected chi connectivity index (χ1v) is 7.12. The van der Waals surface area contributed by atoms with Crippen LogP contribution >= 0.6 is 7.60 Å². The van der Waals surface area contributed by atoms with Gasteiger partial charge in [0.1, 0.15) is 0 Å². The first-order chi connectivity index (χ1) is 7.32. The third-order valence-corrected chi connectivity index (χ3v) is 4.14. The van der Waals surface area contributed by atoms with Crippen molar-refractivity contribution in [1.82, 2.24) is 0 Å². The maximum atomic E-state index is 11.4. The lowest BCUT2D eigenvalue weighted by molar-refractivity contribution is 0.387. The highest BCUT2D eigenvalue weighted by Crippen LogP contribution is 2.37. The van der Waals surface area contributed by atoms with Gasteiger partial charge in [0.05, 0.1) is 5.30 Å². The van der Waals surface area contributed by atoms with Crippen LogP contribution in [-0.4, -0.2) is 9.79 Å². The first kappa shape index (κ1) is 13.4. The molecule has 0 radical (unpaired) electrons. The molecule has 1 aromatic carbocycles. The Hall–Kier alpha value is -0.630. The van der Waals surface area contributed by atoms with E-state index >= 15 is 0 Å². The predicted molar refractivity (Wildman–Crippen MR) is 66.4 cm³/mol. The van der Waals surface area contributed by atoms with E-state index in [1.165, 1.54) is 5.56 Å². The van der Waals surface area contributed by atoms with Crippen molar-refractivity contribution in [3.05, 3.63) is 28.3 Å². The summed E-state index contributed by atoms with van der Waals surface area (Å²) in [5.41, 5.74) is 4.03. The van der Waals surface area contributed by atoms with Crippen molar-refractivity contribution in [2.45, 2.75) is 40.5 Å². The summed E-state index contributed by atoms with van der Waals surface area (Å²) in [6.07, 6.45) is 1.71. The fourth-order valence-corrected chi connectivity index (χ4v) is 3.23. The van der Waals surface area contributed by atoms with Gasteiger partial charge in [0.25, 0.3) is 0 Å². The maximum Gasteiger partial charge on any atom is 0.356 e.